The Morgan fingerprint density at radius 3 is 0.831 bits per heavy atom. The van der Waals surface area contributed by atoms with Crippen LogP contribution in [0.25, 0.3) is 0 Å². The Kier molecular flexibility index (Phi) is 13.5. The molecule has 6 aromatic rings. The minimum absolute atomic E-state index is 0.305. The van der Waals surface area contributed by atoms with E-state index in [2.05, 4.69) is 294 Å². The van der Waals surface area contributed by atoms with Gasteiger partial charge in [-0.25, -0.2) is 0 Å². The highest BCUT2D eigenvalue weighted by Gasteiger charge is 2.57. The molecule has 0 radical (unpaired) electrons. The lowest BCUT2D eigenvalue weighted by Gasteiger charge is -2.55. The summed E-state index contributed by atoms with van der Waals surface area (Å²) in [5, 5.41) is 0. The van der Waals surface area contributed by atoms with Crippen molar-refractivity contribution in [1.29, 1.82) is 0 Å². The summed E-state index contributed by atoms with van der Waals surface area (Å²) in [6.45, 7) is 0. The van der Waals surface area contributed by atoms with Gasteiger partial charge in [0.1, 0.15) is 11.2 Å². The van der Waals surface area contributed by atoms with Crippen LogP contribution in [0.5, 0.6) is 0 Å². The number of hydrogen-bond donors (Lipinski definition) is 0. The van der Waals surface area contributed by atoms with E-state index in [9.17, 15) is 0 Å². The molecule has 0 bridgehead atoms. The highest BCUT2D eigenvalue weighted by molar-refractivity contribution is 5.56. The summed E-state index contributed by atoms with van der Waals surface area (Å²) in [6.07, 6.45) is 16.0. The molecule has 0 amide bonds. The summed E-state index contributed by atoms with van der Waals surface area (Å²) in [5.41, 5.74) is 6.09. The molecule has 8 rings (SSSR count). The van der Waals surface area contributed by atoms with Crippen LogP contribution in [-0.4, -0.2) is 87.3 Å². The molecular formula is C60H66N4O. The average Bonchev–Trinajstić information content (AvgIpc) is 3.35. The topological polar surface area (TPSA) is 22.2 Å². The molecule has 0 N–H and O–H groups in total. The highest BCUT2D eigenvalue weighted by atomic mass is 16.5. The van der Waals surface area contributed by atoms with E-state index < -0.39 is 11.2 Å². The molecule has 0 aromatic heterocycles. The van der Waals surface area contributed by atoms with E-state index in [4.69, 9.17) is 4.74 Å². The standard InChI is InChI=1S/C60H66N4O/c1-61(2)57(62(3)4)43-39-53(40-44-57)59(51-35-23-13-24-36-51,55(47-27-15-9-16-28-47)48-29-17-10-18-30-48)65-60(52-37-25-14-26-38-52,54-41-45-58(46-42-54,63(5)6)64(7)8)56(49-31-19-11-20-32-49)50-33-21-12-22-34-50/h9-43,45,55-56H,44,46H2,1-8H3. The zero-order valence-electron chi connectivity index (χ0n) is 39.6. The predicted octanol–water partition coefficient (Wildman–Crippen LogP) is 11.9. The minimum atomic E-state index is -1.13. The summed E-state index contributed by atoms with van der Waals surface area (Å²) in [4.78, 5) is 9.29. The van der Waals surface area contributed by atoms with Crippen LogP contribution in [0.4, 0.5) is 0 Å². The van der Waals surface area contributed by atoms with Gasteiger partial charge in [-0.3, -0.25) is 19.6 Å². The molecule has 0 aliphatic heterocycles. The third-order valence-electron chi connectivity index (χ3n) is 14.3. The Morgan fingerprint density at radius 2 is 0.615 bits per heavy atom. The van der Waals surface area contributed by atoms with E-state index in [-0.39, 0.29) is 23.2 Å². The number of benzene rings is 6. The molecule has 0 spiro atoms. The van der Waals surface area contributed by atoms with Crippen molar-refractivity contribution in [1.82, 2.24) is 19.6 Å². The molecule has 2 unspecified atom stereocenters. The first-order valence-electron chi connectivity index (χ1n) is 23.0. The molecule has 2 aliphatic carbocycles. The normalized spacial score (nSPS) is 17.6. The molecule has 5 nitrogen and oxygen atoms in total. The van der Waals surface area contributed by atoms with Crippen LogP contribution in [-0.2, 0) is 15.9 Å². The fraction of sp³-hybridized carbons (Fsp3) is 0.267. The van der Waals surface area contributed by atoms with Gasteiger partial charge in [0.25, 0.3) is 0 Å². The lowest BCUT2D eigenvalue weighted by Crippen LogP contribution is -2.56. The molecule has 332 valence electrons. The van der Waals surface area contributed by atoms with Crippen molar-refractivity contribution in [3.63, 3.8) is 0 Å². The molecule has 0 fully saturated rings. The van der Waals surface area contributed by atoms with Crippen molar-refractivity contribution in [2.24, 2.45) is 0 Å². The molecule has 0 heterocycles. The third-order valence-corrected chi connectivity index (χ3v) is 14.3. The van der Waals surface area contributed by atoms with Gasteiger partial charge < -0.3 is 4.74 Å². The van der Waals surface area contributed by atoms with E-state index in [1.807, 2.05) is 0 Å². The summed E-state index contributed by atoms with van der Waals surface area (Å²) >= 11 is 0. The maximum atomic E-state index is 9.10. The lowest BCUT2D eigenvalue weighted by molar-refractivity contribution is -0.144. The Morgan fingerprint density at radius 1 is 0.369 bits per heavy atom. The van der Waals surface area contributed by atoms with E-state index >= 15 is 0 Å². The number of rotatable bonds is 16. The second-order valence-corrected chi connectivity index (χ2v) is 18.5. The van der Waals surface area contributed by atoms with E-state index in [1.165, 1.54) is 22.3 Å². The molecule has 0 saturated carbocycles. The van der Waals surface area contributed by atoms with Crippen molar-refractivity contribution in [2.75, 3.05) is 56.4 Å². The summed E-state index contributed by atoms with van der Waals surface area (Å²) in [5.74, 6) is -0.610. The molecule has 5 heteroatoms. The second-order valence-electron chi connectivity index (χ2n) is 18.5. The summed E-state index contributed by atoms with van der Waals surface area (Å²) in [7, 11) is 17.4. The largest absolute Gasteiger partial charge is 0.348 e. The van der Waals surface area contributed by atoms with Gasteiger partial charge in [0.05, 0.1) is 11.3 Å². The van der Waals surface area contributed by atoms with Crippen LogP contribution in [0, 0.1) is 0 Å². The number of ether oxygens (including phenoxy) is 1. The summed E-state index contributed by atoms with van der Waals surface area (Å²) in [6, 6.07) is 66.2. The quantitative estimate of drug-likeness (QED) is 0.0902. The average molecular weight is 859 g/mol. The second kappa shape index (κ2) is 19.3. The molecule has 2 atom stereocenters. The molecule has 0 saturated heterocycles. The fourth-order valence-electron chi connectivity index (χ4n) is 10.8. The van der Waals surface area contributed by atoms with Crippen LogP contribution >= 0.6 is 0 Å². The van der Waals surface area contributed by atoms with Gasteiger partial charge in [-0.15, -0.1) is 0 Å². The molecular weight excluding hydrogens is 793 g/mol. The fourth-order valence-corrected chi connectivity index (χ4v) is 10.8. The first kappa shape index (κ1) is 45.6. The van der Waals surface area contributed by atoms with Crippen molar-refractivity contribution in [2.45, 2.75) is 47.2 Å². The lowest BCUT2D eigenvalue weighted by atomic mass is 9.64. The van der Waals surface area contributed by atoms with E-state index in [1.54, 1.807) is 0 Å². The maximum Gasteiger partial charge on any atom is 0.130 e. The Bertz CT molecular complexity index is 2310. The van der Waals surface area contributed by atoms with Crippen molar-refractivity contribution in [3.8, 4) is 0 Å². The first-order valence-corrected chi connectivity index (χ1v) is 23.0. The number of nitrogens with zero attached hydrogens (tertiary/aromatic N) is 4. The van der Waals surface area contributed by atoms with E-state index in [0.29, 0.717) is 0 Å². The first-order chi connectivity index (χ1) is 31.5. The van der Waals surface area contributed by atoms with Crippen molar-refractivity contribution >= 4 is 0 Å². The number of likely N-dealkylation sites (N-methyl/N-ethyl adjacent to an activating group) is 4. The van der Waals surface area contributed by atoms with Crippen LogP contribution in [0.2, 0.25) is 0 Å². The van der Waals surface area contributed by atoms with Gasteiger partial charge >= 0.3 is 0 Å². The van der Waals surface area contributed by atoms with Gasteiger partial charge in [0, 0.05) is 24.7 Å². The van der Waals surface area contributed by atoms with Gasteiger partial charge in [-0.2, -0.15) is 0 Å². The SMILES string of the molecule is CN(C)C1(N(C)C)C=CC(C(OC(C2=CCC(N(C)C)(N(C)C)C=C2)(c2ccccc2)C(c2ccccc2)c2ccccc2)(c2ccccc2)C(c2ccccc2)c2ccccc2)=CC1. The van der Waals surface area contributed by atoms with Crippen LogP contribution in [0.1, 0.15) is 58.1 Å². The number of hydrogen-bond acceptors (Lipinski definition) is 5. The third kappa shape index (κ3) is 8.33. The van der Waals surface area contributed by atoms with Gasteiger partial charge in [-0.1, -0.05) is 206 Å². The maximum absolute atomic E-state index is 9.10. The molecule has 2 aliphatic rings. The van der Waals surface area contributed by atoms with Crippen molar-refractivity contribution in [3.05, 3.63) is 263 Å². The Hall–Kier alpha value is -5.92. The molecule has 6 aromatic carbocycles. The summed E-state index contributed by atoms with van der Waals surface area (Å²) < 4.78 is 9.10. The predicted molar refractivity (Wildman–Crippen MR) is 271 cm³/mol. The monoisotopic (exact) mass is 859 g/mol. The van der Waals surface area contributed by atoms with Crippen LogP contribution in [0.3, 0.4) is 0 Å². The highest BCUT2D eigenvalue weighted by Crippen LogP contribution is 2.60. The van der Waals surface area contributed by atoms with Gasteiger partial charge in [-0.05, 0) is 113 Å². The van der Waals surface area contributed by atoms with Crippen LogP contribution < -0.4 is 0 Å². The van der Waals surface area contributed by atoms with Crippen molar-refractivity contribution < 1.29 is 4.74 Å². The zero-order valence-corrected chi connectivity index (χ0v) is 39.6. The minimum Gasteiger partial charge on any atom is -0.348 e. The van der Waals surface area contributed by atoms with Gasteiger partial charge in [0.15, 0.2) is 0 Å². The Balaban J connectivity index is 1.57. The molecule has 65 heavy (non-hydrogen) atoms. The van der Waals surface area contributed by atoms with E-state index in [0.717, 1.165) is 35.1 Å². The smallest absolute Gasteiger partial charge is 0.130 e. The Labute approximate surface area is 389 Å². The van der Waals surface area contributed by atoms with Gasteiger partial charge in [0.2, 0.25) is 0 Å². The van der Waals surface area contributed by atoms with Crippen LogP contribution in [0.15, 0.2) is 230 Å². The zero-order chi connectivity index (χ0) is 45.7.